The van der Waals surface area contributed by atoms with E-state index in [-0.39, 0.29) is 5.56 Å². The van der Waals surface area contributed by atoms with Crippen LogP contribution in [0.3, 0.4) is 0 Å². The molecule has 1 aromatic heterocycles. The van der Waals surface area contributed by atoms with Crippen LogP contribution in [0.15, 0.2) is 42.7 Å². The molecule has 0 saturated carbocycles. The Labute approximate surface area is 112 Å². The predicted octanol–water partition coefficient (Wildman–Crippen LogP) is 3.65. The quantitative estimate of drug-likeness (QED) is 0.907. The van der Waals surface area contributed by atoms with Gasteiger partial charge in [0.2, 0.25) is 0 Å². The lowest BCUT2D eigenvalue weighted by molar-refractivity contribution is 0.0697. The Morgan fingerprint density at radius 1 is 1.21 bits per heavy atom. The Balaban J connectivity index is 2.35. The molecule has 3 nitrogen and oxygen atoms in total. The van der Waals surface area contributed by atoms with Crippen molar-refractivity contribution in [2.45, 2.75) is 20.3 Å². The van der Waals surface area contributed by atoms with Gasteiger partial charge in [0.05, 0.1) is 5.56 Å². The number of rotatable bonds is 4. The molecule has 0 aliphatic rings. The van der Waals surface area contributed by atoms with Crippen molar-refractivity contribution in [1.29, 1.82) is 0 Å². The summed E-state index contributed by atoms with van der Waals surface area (Å²) in [6.07, 6.45) is 4.13. The highest BCUT2D eigenvalue weighted by molar-refractivity contribution is 5.95. The van der Waals surface area contributed by atoms with Gasteiger partial charge in [0, 0.05) is 18.0 Å². The molecule has 0 aliphatic heterocycles. The summed E-state index contributed by atoms with van der Waals surface area (Å²) in [5.74, 6) is -0.317. The zero-order valence-electron chi connectivity index (χ0n) is 11.1. The third-order valence-electron chi connectivity index (χ3n) is 2.96. The van der Waals surface area contributed by atoms with Gasteiger partial charge in [-0.3, -0.25) is 4.98 Å². The van der Waals surface area contributed by atoms with Gasteiger partial charge < -0.3 is 5.11 Å². The fraction of sp³-hybridized carbons (Fsp3) is 0.250. The molecule has 1 heterocycles. The lowest BCUT2D eigenvalue weighted by atomic mass is 9.98. The van der Waals surface area contributed by atoms with Crippen LogP contribution in [0.5, 0.6) is 0 Å². The van der Waals surface area contributed by atoms with Crippen LogP contribution in [0.1, 0.15) is 29.8 Å². The summed E-state index contributed by atoms with van der Waals surface area (Å²) in [6.45, 7) is 4.36. The van der Waals surface area contributed by atoms with E-state index >= 15 is 0 Å². The van der Waals surface area contributed by atoms with Crippen molar-refractivity contribution in [3.8, 4) is 11.1 Å². The highest BCUT2D eigenvalue weighted by Crippen LogP contribution is 2.23. The molecule has 1 aromatic carbocycles. The standard InChI is InChI=1S/C16H17NO2/c1-11(2)9-12-3-5-13(6-4-12)15-10-17-8-7-14(15)16(18)19/h3-8,10-11H,9H2,1-2H3,(H,18,19). The van der Waals surface area contributed by atoms with E-state index < -0.39 is 5.97 Å². The molecule has 0 unspecified atom stereocenters. The van der Waals surface area contributed by atoms with Crippen LogP contribution in [-0.4, -0.2) is 16.1 Å². The molecule has 0 aliphatic carbocycles. The maximum Gasteiger partial charge on any atom is 0.336 e. The fourth-order valence-electron chi connectivity index (χ4n) is 2.10. The van der Waals surface area contributed by atoms with E-state index in [1.807, 2.05) is 24.3 Å². The number of pyridine rings is 1. The summed E-state index contributed by atoms with van der Waals surface area (Å²) >= 11 is 0. The van der Waals surface area contributed by atoms with E-state index in [2.05, 4.69) is 18.8 Å². The maximum atomic E-state index is 11.2. The number of nitrogens with zero attached hydrogens (tertiary/aromatic N) is 1. The van der Waals surface area contributed by atoms with Gasteiger partial charge in [0.15, 0.2) is 0 Å². The Morgan fingerprint density at radius 2 is 1.89 bits per heavy atom. The van der Waals surface area contributed by atoms with E-state index in [9.17, 15) is 9.90 Å². The number of hydrogen-bond donors (Lipinski definition) is 1. The minimum Gasteiger partial charge on any atom is -0.478 e. The molecule has 98 valence electrons. The Kier molecular flexibility index (Phi) is 3.95. The molecule has 3 heteroatoms. The van der Waals surface area contributed by atoms with Crippen molar-refractivity contribution in [1.82, 2.24) is 4.98 Å². The van der Waals surface area contributed by atoms with Crippen LogP contribution < -0.4 is 0 Å². The van der Waals surface area contributed by atoms with Crippen molar-refractivity contribution in [2.75, 3.05) is 0 Å². The van der Waals surface area contributed by atoms with Crippen LogP contribution in [0, 0.1) is 5.92 Å². The molecule has 0 atom stereocenters. The van der Waals surface area contributed by atoms with E-state index in [1.165, 1.54) is 17.8 Å². The predicted molar refractivity (Wildman–Crippen MR) is 75.2 cm³/mol. The molecule has 0 bridgehead atoms. The van der Waals surface area contributed by atoms with Crippen LogP contribution >= 0.6 is 0 Å². The lowest BCUT2D eigenvalue weighted by Gasteiger charge is -2.08. The normalized spacial score (nSPS) is 10.7. The van der Waals surface area contributed by atoms with Gasteiger partial charge >= 0.3 is 5.97 Å². The third-order valence-corrected chi connectivity index (χ3v) is 2.96. The Morgan fingerprint density at radius 3 is 2.47 bits per heavy atom. The molecule has 19 heavy (non-hydrogen) atoms. The number of carbonyl (C=O) groups is 1. The number of carboxylic acid groups (broad SMARTS) is 1. The molecule has 0 radical (unpaired) electrons. The topological polar surface area (TPSA) is 50.2 Å². The smallest absolute Gasteiger partial charge is 0.336 e. The molecular weight excluding hydrogens is 238 g/mol. The van der Waals surface area contributed by atoms with E-state index in [0.29, 0.717) is 11.5 Å². The van der Waals surface area contributed by atoms with Crippen molar-refractivity contribution >= 4 is 5.97 Å². The highest BCUT2D eigenvalue weighted by atomic mass is 16.4. The van der Waals surface area contributed by atoms with Gasteiger partial charge in [-0.25, -0.2) is 4.79 Å². The molecule has 0 saturated heterocycles. The van der Waals surface area contributed by atoms with Crippen LogP contribution in [0.25, 0.3) is 11.1 Å². The Bertz CT molecular complexity index is 574. The first-order chi connectivity index (χ1) is 9.08. The zero-order chi connectivity index (χ0) is 13.8. The Hall–Kier alpha value is -2.16. The second kappa shape index (κ2) is 5.65. The first-order valence-electron chi connectivity index (χ1n) is 6.34. The van der Waals surface area contributed by atoms with Gasteiger partial charge in [0.1, 0.15) is 0 Å². The second-order valence-corrected chi connectivity index (χ2v) is 5.02. The monoisotopic (exact) mass is 255 g/mol. The zero-order valence-corrected chi connectivity index (χ0v) is 11.1. The molecule has 2 aromatic rings. The summed E-state index contributed by atoms with van der Waals surface area (Å²) in [5, 5.41) is 9.17. The number of benzene rings is 1. The molecular formula is C16H17NO2. The second-order valence-electron chi connectivity index (χ2n) is 5.02. The average molecular weight is 255 g/mol. The van der Waals surface area contributed by atoms with Crippen LogP contribution in [-0.2, 0) is 6.42 Å². The minimum atomic E-state index is -0.927. The summed E-state index contributed by atoms with van der Waals surface area (Å²) < 4.78 is 0. The highest BCUT2D eigenvalue weighted by Gasteiger charge is 2.11. The molecule has 0 amide bonds. The lowest BCUT2D eigenvalue weighted by Crippen LogP contribution is -2.00. The van der Waals surface area contributed by atoms with Crippen molar-refractivity contribution < 1.29 is 9.90 Å². The minimum absolute atomic E-state index is 0.284. The van der Waals surface area contributed by atoms with Crippen molar-refractivity contribution in [3.63, 3.8) is 0 Å². The number of hydrogen-bond acceptors (Lipinski definition) is 2. The van der Waals surface area contributed by atoms with Crippen LogP contribution in [0.4, 0.5) is 0 Å². The van der Waals surface area contributed by atoms with Gasteiger partial charge in [-0.15, -0.1) is 0 Å². The molecule has 1 N–H and O–H groups in total. The summed E-state index contributed by atoms with van der Waals surface area (Å²) in [5.41, 5.74) is 3.09. The summed E-state index contributed by atoms with van der Waals surface area (Å²) in [7, 11) is 0. The average Bonchev–Trinajstić information content (AvgIpc) is 2.39. The number of aromatic carboxylic acids is 1. The first kappa shape index (κ1) is 13.3. The van der Waals surface area contributed by atoms with Gasteiger partial charge in [-0.2, -0.15) is 0 Å². The molecule has 2 rings (SSSR count). The summed E-state index contributed by atoms with van der Waals surface area (Å²) in [6, 6.07) is 9.55. The van der Waals surface area contributed by atoms with Gasteiger partial charge in [0.25, 0.3) is 0 Å². The number of aromatic nitrogens is 1. The SMILES string of the molecule is CC(C)Cc1ccc(-c2cnccc2C(=O)O)cc1. The van der Waals surface area contributed by atoms with Crippen molar-refractivity contribution in [3.05, 3.63) is 53.9 Å². The van der Waals surface area contributed by atoms with E-state index in [4.69, 9.17) is 0 Å². The van der Waals surface area contributed by atoms with Gasteiger partial charge in [-0.1, -0.05) is 38.1 Å². The van der Waals surface area contributed by atoms with Gasteiger partial charge in [-0.05, 0) is 29.5 Å². The maximum absolute atomic E-state index is 11.2. The van der Waals surface area contributed by atoms with E-state index in [0.717, 1.165) is 12.0 Å². The molecule has 0 spiro atoms. The summed E-state index contributed by atoms with van der Waals surface area (Å²) in [4.78, 5) is 15.2. The largest absolute Gasteiger partial charge is 0.478 e. The molecule has 0 fully saturated rings. The first-order valence-corrected chi connectivity index (χ1v) is 6.34. The number of carboxylic acids is 1. The van der Waals surface area contributed by atoms with E-state index in [1.54, 1.807) is 6.20 Å². The fourth-order valence-corrected chi connectivity index (χ4v) is 2.10. The van der Waals surface area contributed by atoms with Crippen LogP contribution in [0.2, 0.25) is 0 Å². The third kappa shape index (κ3) is 3.19. The van der Waals surface area contributed by atoms with Crippen molar-refractivity contribution in [2.24, 2.45) is 5.92 Å².